The summed E-state index contributed by atoms with van der Waals surface area (Å²) in [5.74, 6) is -0.779. The summed E-state index contributed by atoms with van der Waals surface area (Å²) < 4.78 is 26.8. The number of rotatable bonds is 10. The molecule has 0 aromatic heterocycles. The molecule has 3 rings (SSSR count). The van der Waals surface area contributed by atoms with Gasteiger partial charge in [-0.25, -0.2) is 8.42 Å². The Kier molecular flexibility index (Phi) is 9.89. The number of carbonyl (C=O) groups is 2. The smallest absolute Gasteiger partial charge is 0.244 e. The lowest BCUT2D eigenvalue weighted by Gasteiger charge is -2.34. The highest BCUT2D eigenvalue weighted by Gasteiger charge is 2.34. The quantitative estimate of drug-likeness (QED) is 0.425. The van der Waals surface area contributed by atoms with Gasteiger partial charge in [-0.05, 0) is 56.9 Å². The largest absolute Gasteiger partial charge is 0.352 e. The van der Waals surface area contributed by atoms with Crippen molar-refractivity contribution in [1.82, 2.24) is 10.2 Å². The molecule has 0 bridgehead atoms. The van der Waals surface area contributed by atoms with Crippen molar-refractivity contribution in [3.8, 4) is 0 Å². The van der Waals surface area contributed by atoms with Crippen molar-refractivity contribution in [1.29, 1.82) is 0 Å². The molecule has 0 spiro atoms. The van der Waals surface area contributed by atoms with Crippen molar-refractivity contribution in [2.45, 2.75) is 71.5 Å². The summed E-state index contributed by atoms with van der Waals surface area (Å²) in [4.78, 5) is 28.7. The summed E-state index contributed by atoms with van der Waals surface area (Å²) in [5, 5.41) is 3.81. The molecular weight excluding hydrogens is 533 g/mol. The zero-order chi connectivity index (χ0) is 27.3. The van der Waals surface area contributed by atoms with Gasteiger partial charge < -0.3 is 10.2 Å². The lowest BCUT2D eigenvalue weighted by Crippen LogP contribution is -2.53. The van der Waals surface area contributed by atoms with Gasteiger partial charge in [0.05, 0.1) is 11.9 Å². The molecule has 7 nitrogen and oxygen atoms in total. The monoisotopic (exact) mass is 567 g/mol. The number of sulfonamides is 1. The normalized spacial score (nSPS) is 14.9. The number of hydrogen-bond donors (Lipinski definition) is 1. The first-order valence-electron chi connectivity index (χ1n) is 12.5. The number of anilines is 1. The van der Waals surface area contributed by atoms with E-state index in [0.29, 0.717) is 27.7 Å². The van der Waals surface area contributed by atoms with E-state index < -0.39 is 28.5 Å². The third-order valence-electron chi connectivity index (χ3n) is 6.78. The van der Waals surface area contributed by atoms with Crippen LogP contribution in [-0.2, 0) is 26.2 Å². The molecule has 0 aliphatic heterocycles. The Morgan fingerprint density at radius 1 is 1.08 bits per heavy atom. The molecule has 202 valence electrons. The lowest BCUT2D eigenvalue weighted by molar-refractivity contribution is -0.140. The molecule has 1 saturated carbocycles. The Morgan fingerprint density at radius 2 is 1.70 bits per heavy atom. The predicted octanol–water partition coefficient (Wildman–Crippen LogP) is 5.24. The van der Waals surface area contributed by atoms with Gasteiger partial charge >= 0.3 is 0 Å². The highest BCUT2D eigenvalue weighted by molar-refractivity contribution is 7.92. The summed E-state index contributed by atoms with van der Waals surface area (Å²) in [6.45, 7) is 5.05. The van der Waals surface area contributed by atoms with Crippen molar-refractivity contribution in [2.24, 2.45) is 0 Å². The Morgan fingerprint density at radius 3 is 2.24 bits per heavy atom. The van der Waals surface area contributed by atoms with Crippen molar-refractivity contribution in [3.63, 3.8) is 0 Å². The molecule has 2 aromatic carbocycles. The van der Waals surface area contributed by atoms with Crippen LogP contribution in [0.15, 0.2) is 36.4 Å². The van der Waals surface area contributed by atoms with E-state index in [9.17, 15) is 18.0 Å². The fourth-order valence-electron chi connectivity index (χ4n) is 4.82. The zero-order valence-electron chi connectivity index (χ0n) is 21.8. The average molecular weight is 569 g/mol. The van der Waals surface area contributed by atoms with Gasteiger partial charge in [0.25, 0.3) is 0 Å². The number of benzene rings is 2. The first-order chi connectivity index (χ1) is 17.4. The standard InChI is InChI=1S/C27H35Cl2N3O4S/c1-5-24(27(34)30-20-9-6-7-10-20)31(16-21-22(28)11-8-12-23(21)29)26(33)17-32(37(4,35)36)25-14-13-18(2)15-19(25)3/h8,11-15,20,24H,5-7,9-10,16-17H2,1-4H3,(H,30,34)/t24-/m1/s1. The predicted molar refractivity (Wildman–Crippen MR) is 150 cm³/mol. The van der Waals surface area contributed by atoms with Crippen molar-refractivity contribution >= 4 is 50.7 Å². The fraction of sp³-hybridized carbons (Fsp3) is 0.481. The van der Waals surface area contributed by atoms with Crippen molar-refractivity contribution in [3.05, 3.63) is 63.1 Å². The molecule has 2 aromatic rings. The van der Waals surface area contributed by atoms with Crippen LogP contribution in [0.3, 0.4) is 0 Å². The van der Waals surface area contributed by atoms with Gasteiger partial charge in [-0.15, -0.1) is 0 Å². The van der Waals surface area contributed by atoms with E-state index in [2.05, 4.69) is 5.32 Å². The van der Waals surface area contributed by atoms with Crippen LogP contribution < -0.4 is 9.62 Å². The molecule has 0 saturated heterocycles. The Balaban J connectivity index is 1.99. The van der Waals surface area contributed by atoms with Crippen molar-refractivity contribution in [2.75, 3.05) is 17.1 Å². The van der Waals surface area contributed by atoms with Gasteiger partial charge in [0, 0.05) is 28.2 Å². The maximum atomic E-state index is 13.9. The number of nitrogens with zero attached hydrogens (tertiary/aromatic N) is 2. The number of amides is 2. The minimum absolute atomic E-state index is 0.0293. The number of nitrogens with one attached hydrogen (secondary N) is 1. The molecular formula is C27H35Cl2N3O4S. The van der Waals surface area contributed by atoms with Crippen LogP contribution >= 0.6 is 23.2 Å². The van der Waals surface area contributed by atoms with Crippen LogP contribution in [0.5, 0.6) is 0 Å². The van der Waals surface area contributed by atoms with E-state index >= 15 is 0 Å². The zero-order valence-corrected chi connectivity index (χ0v) is 24.1. The Labute approximate surface area is 230 Å². The highest BCUT2D eigenvalue weighted by Crippen LogP contribution is 2.29. The Bertz CT molecular complexity index is 1230. The van der Waals surface area contributed by atoms with E-state index in [-0.39, 0.29) is 18.5 Å². The molecule has 37 heavy (non-hydrogen) atoms. The number of hydrogen-bond acceptors (Lipinski definition) is 4. The van der Waals surface area contributed by atoms with Gasteiger partial charge in [0.2, 0.25) is 21.8 Å². The van der Waals surface area contributed by atoms with Crippen LogP contribution in [0.1, 0.15) is 55.7 Å². The Hall–Kier alpha value is -2.29. The van der Waals surface area contributed by atoms with Gasteiger partial charge in [-0.3, -0.25) is 13.9 Å². The maximum absolute atomic E-state index is 13.9. The van der Waals surface area contributed by atoms with E-state index in [1.165, 1.54) is 4.90 Å². The van der Waals surface area contributed by atoms with E-state index in [1.807, 2.05) is 19.9 Å². The molecule has 0 radical (unpaired) electrons. The third kappa shape index (κ3) is 7.39. The second kappa shape index (κ2) is 12.5. The average Bonchev–Trinajstić information content (AvgIpc) is 3.32. The second-order valence-corrected chi connectivity index (χ2v) is 12.4. The molecule has 1 aliphatic carbocycles. The van der Waals surface area contributed by atoms with Gasteiger partial charge in [0.1, 0.15) is 12.6 Å². The first kappa shape index (κ1) is 29.3. The molecule has 1 N–H and O–H groups in total. The number of halogens is 2. The summed E-state index contributed by atoms with van der Waals surface area (Å²) in [7, 11) is -3.81. The van der Waals surface area contributed by atoms with Crippen LogP contribution in [0, 0.1) is 13.8 Å². The minimum atomic E-state index is -3.81. The van der Waals surface area contributed by atoms with Crippen LogP contribution in [0.4, 0.5) is 5.69 Å². The summed E-state index contributed by atoms with van der Waals surface area (Å²) in [5.41, 5.74) is 2.62. The highest BCUT2D eigenvalue weighted by atomic mass is 35.5. The molecule has 1 atom stereocenters. The second-order valence-electron chi connectivity index (χ2n) is 9.70. The fourth-order valence-corrected chi connectivity index (χ4v) is 6.24. The van der Waals surface area contributed by atoms with Gasteiger partial charge in [-0.2, -0.15) is 0 Å². The summed E-state index contributed by atoms with van der Waals surface area (Å²) >= 11 is 12.8. The topological polar surface area (TPSA) is 86.8 Å². The molecule has 0 unspecified atom stereocenters. The van der Waals surface area contributed by atoms with Crippen LogP contribution in [-0.4, -0.2) is 50.0 Å². The summed E-state index contributed by atoms with van der Waals surface area (Å²) in [6, 6.07) is 9.66. The third-order valence-corrected chi connectivity index (χ3v) is 8.61. The molecule has 1 aliphatic rings. The van der Waals surface area contributed by atoms with E-state index in [0.717, 1.165) is 47.4 Å². The minimum Gasteiger partial charge on any atom is -0.352 e. The number of aryl methyl sites for hydroxylation is 2. The van der Waals surface area contributed by atoms with Crippen LogP contribution in [0.2, 0.25) is 10.0 Å². The molecule has 0 heterocycles. The van der Waals surface area contributed by atoms with Crippen molar-refractivity contribution < 1.29 is 18.0 Å². The van der Waals surface area contributed by atoms with Gasteiger partial charge in [-0.1, -0.05) is 66.7 Å². The van der Waals surface area contributed by atoms with Gasteiger partial charge in [0.15, 0.2) is 0 Å². The molecule has 1 fully saturated rings. The molecule has 2 amide bonds. The van der Waals surface area contributed by atoms with Crippen LogP contribution in [0.25, 0.3) is 0 Å². The number of carbonyl (C=O) groups excluding carboxylic acids is 2. The van der Waals surface area contributed by atoms with E-state index in [1.54, 1.807) is 37.3 Å². The lowest BCUT2D eigenvalue weighted by atomic mass is 10.1. The first-order valence-corrected chi connectivity index (χ1v) is 15.1. The molecule has 10 heteroatoms. The summed E-state index contributed by atoms with van der Waals surface area (Å²) in [6.07, 6.45) is 5.33. The maximum Gasteiger partial charge on any atom is 0.244 e. The van der Waals surface area contributed by atoms with E-state index in [4.69, 9.17) is 23.2 Å². The SMILES string of the molecule is CC[C@H](C(=O)NC1CCCC1)N(Cc1c(Cl)cccc1Cl)C(=O)CN(c1ccc(C)cc1C)S(C)(=O)=O.